The van der Waals surface area contributed by atoms with Gasteiger partial charge in [0.2, 0.25) is 0 Å². The van der Waals surface area contributed by atoms with Crippen LogP contribution in [0.25, 0.3) is 0 Å². The van der Waals surface area contributed by atoms with Crippen LogP contribution in [0.4, 0.5) is 0 Å². The molecule has 2 aromatic rings. The van der Waals surface area contributed by atoms with E-state index >= 15 is 0 Å². The Morgan fingerprint density at radius 2 is 1.74 bits per heavy atom. The first-order chi connectivity index (χ1) is 8.97. The average Bonchev–Trinajstić information content (AvgIpc) is 2.35. The fourth-order valence-electron chi connectivity index (χ4n) is 1.78. The molecule has 0 N–H and O–H groups in total. The summed E-state index contributed by atoms with van der Waals surface area (Å²) in [6, 6.07) is 10.5. The summed E-state index contributed by atoms with van der Waals surface area (Å²) in [7, 11) is 0. The molecule has 4 heteroatoms. The first-order valence-electron chi connectivity index (χ1n) is 5.70. The van der Waals surface area contributed by atoms with E-state index in [9.17, 15) is 4.79 Å². The Kier molecular flexibility index (Phi) is 4.51. The van der Waals surface area contributed by atoms with Gasteiger partial charge in [0.15, 0.2) is 5.78 Å². The number of benzene rings is 2. The first-order valence-corrected chi connectivity index (χ1v) is 6.84. The molecule has 0 aromatic heterocycles. The molecule has 0 saturated heterocycles. The molecule has 0 spiro atoms. The summed E-state index contributed by atoms with van der Waals surface area (Å²) in [6.45, 7) is 1.95. The number of ketones is 1. The second-order valence-corrected chi connectivity index (χ2v) is 5.57. The van der Waals surface area contributed by atoms with Crippen LogP contribution in [0.3, 0.4) is 0 Å². The van der Waals surface area contributed by atoms with E-state index in [1.807, 2.05) is 25.1 Å². The number of halogens is 3. The van der Waals surface area contributed by atoms with Gasteiger partial charge in [0.1, 0.15) is 0 Å². The fourth-order valence-corrected chi connectivity index (χ4v) is 2.47. The van der Waals surface area contributed by atoms with Crippen LogP contribution in [0.15, 0.2) is 36.4 Å². The molecule has 0 fully saturated rings. The average molecular weight is 314 g/mol. The quantitative estimate of drug-likeness (QED) is 0.695. The Balaban J connectivity index is 2.28. The summed E-state index contributed by atoms with van der Waals surface area (Å²) in [4.78, 5) is 12.2. The minimum Gasteiger partial charge on any atom is -0.294 e. The van der Waals surface area contributed by atoms with Crippen molar-refractivity contribution in [1.82, 2.24) is 0 Å². The van der Waals surface area contributed by atoms with E-state index < -0.39 is 0 Å². The Labute approximate surface area is 127 Å². The minimum absolute atomic E-state index is 0.0988. The van der Waals surface area contributed by atoms with E-state index in [2.05, 4.69) is 0 Å². The monoisotopic (exact) mass is 312 g/mol. The third-order valence-corrected chi connectivity index (χ3v) is 3.70. The second-order valence-electron chi connectivity index (χ2n) is 4.32. The van der Waals surface area contributed by atoms with Crippen molar-refractivity contribution in [2.24, 2.45) is 0 Å². The summed E-state index contributed by atoms with van der Waals surface area (Å²) >= 11 is 18.0. The van der Waals surface area contributed by atoms with Crippen molar-refractivity contribution in [1.29, 1.82) is 0 Å². The molecule has 0 aliphatic heterocycles. The molecular formula is C15H11Cl3O. The molecule has 0 aliphatic rings. The van der Waals surface area contributed by atoms with Crippen LogP contribution in [0.2, 0.25) is 15.1 Å². The Morgan fingerprint density at radius 1 is 1.00 bits per heavy atom. The molecule has 0 aliphatic carbocycles. The molecule has 2 aromatic carbocycles. The summed E-state index contributed by atoms with van der Waals surface area (Å²) in [5.41, 5.74) is 2.26. The fraction of sp³-hybridized carbons (Fsp3) is 0.133. The molecular weight excluding hydrogens is 303 g/mol. The molecule has 0 amide bonds. The summed E-state index contributed by atoms with van der Waals surface area (Å²) in [5, 5.41) is 1.48. The van der Waals surface area contributed by atoms with Gasteiger partial charge in [-0.25, -0.2) is 0 Å². The molecule has 0 unspecified atom stereocenters. The van der Waals surface area contributed by atoms with Crippen LogP contribution in [-0.2, 0) is 6.42 Å². The Hall–Kier alpha value is -1.02. The SMILES string of the molecule is Cc1ccc(CC(=O)c2cc(Cl)ccc2Cl)c(Cl)c1. The maximum Gasteiger partial charge on any atom is 0.168 e. The van der Waals surface area contributed by atoms with Crippen molar-refractivity contribution in [3.63, 3.8) is 0 Å². The van der Waals surface area contributed by atoms with Gasteiger partial charge in [0, 0.05) is 22.0 Å². The van der Waals surface area contributed by atoms with Crippen LogP contribution < -0.4 is 0 Å². The standard InChI is InChI=1S/C15H11Cl3O/c1-9-2-3-10(14(18)6-9)7-15(19)12-8-11(16)4-5-13(12)17/h2-6,8H,7H2,1H3. The van der Waals surface area contributed by atoms with Gasteiger partial charge in [0.05, 0.1) is 5.02 Å². The highest BCUT2D eigenvalue weighted by molar-refractivity contribution is 6.36. The van der Waals surface area contributed by atoms with Gasteiger partial charge in [-0.15, -0.1) is 0 Å². The second kappa shape index (κ2) is 5.96. The first kappa shape index (κ1) is 14.4. The van der Waals surface area contributed by atoms with Crippen LogP contribution in [0.5, 0.6) is 0 Å². The number of Topliss-reactive ketones (excluding diaryl/α,β-unsaturated/α-hetero) is 1. The van der Waals surface area contributed by atoms with Gasteiger partial charge in [-0.3, -0.25) is 4.79 Å². The van der Waals surface area contributed by atoms with Gasteiger partial charge in [0.25, 0.3) is 0 Å². The number of carbonyl (C=O) groups is 1. The third kappa shape index (κ3) is 3.50. The molecule has 0 radical (unpaired) electrons. The minimum atomic E-state index is -0.0988. The number of hydrogen-bond donors (Lipinski definition) is 0. The van der Waals surface area contributed by atoms with E-state index in [0.717, 1.165) is 11.1 Å². The molecule has 98 valence electrons. The van der Waals surface area contributed by atoms with E-state index in [0.29, 0.717) is 20.6 Å². The van der Waals surface area contributed by atoms with Crippen molar-refractivity contribution >= 4 is 40.6 Å². The summed E-state index contributed by atoms with van der Waals surface area (Å²) < 4.78 is 0. The smallest absolute Gasteiger partial charge is 0.168 e. The van der Waals surface area contributed by atoms with Crippen LogP contribution in [0.1, 0.15) is 21.5 Å². The van der Waals surface area contributed by atoms with Gasteiger partial charge in [-0.1, -0.05) is 46.9 Å². The lowest BCUT2D eigenvalue weighted by atomic mass is 10.0. The number of rotatable bonds is 3. The summed E-state index contributed by atoms with van der Waals surface area (Å²) in [5.74, 6) is -0.0988. The van der Waals surface area contributed by atoms with Crippen LogP contribution in [0, 0.1) is 6.92 Å². The van der Waals surface area contributed by atoms with Crippen molar-refractivity contribution in [3.05, 3.63) is 68.2 Å². The maximum atomic E-state index is 12.2. The molecule has 0 heterocycles. The van der Waals surface area contributed by atoms with Gasteiger partial charge < -0.3 is 0 Å². The Morgan fingerprint density at radius 3 is 2.42 bits per heavy atom. The van der Waals surface area contributed by atoms with Gasteiger partial charge in [-0.05, 0) is 42.3 Å². The van der Waals surface area contributed by atoms with Crippen LogP contribution >= 0.6 is 34.8 Å². The zero-order valence-electron chi connectivity index (χ0n) is 10.2. The Bertz CT molecular complexity index is 635. The molecule has 2 rings (SSSR count). The predicted molar refractivity (Wildman–Crippen MR) is 80.7 cm³/mol. The lowest BCUT2D eigenvalue weighted by molar-refractivity contribution is 0.0993. The highest BCUT2D eigenvalue weighted by Gasteiger charge is 2.13. The van der Waals surface area contributed by atoms with E-state index in [1.165, 1.54) is 0 Å². The maximum absolute atomic E-state index is 12.2. The van der Waals surface area contributed by atoms with Crippen molar-refractivity contribution < 1.29 is 4.79 Å². The molecule has 0 bridgehead atoms. The molecule has 0 atom stereocenters. The van der Waals surface area contributed by atoms with E-state index in [-0.39, 0.29) is 12.2 Å². The molecule has 19 heavy (non-hydrogen) atoms. The number of aryl methyl sites for hydroxylation is 1. The van der Waals surface area contributed by atoms with Crippen molar-refractivity contribution in [2.75, 3.05) is 0 Å². The lowest BCUT2D eigenvalue weighted by Gasteiger charge is -2.07. The van der Waals surface area contributed by atoms with E-state index in [1.54, 1.807) is 18.2 Å². The largest absolute Gasteiger partial charge is 0.294 e. The predicted octanol–water partition coefficient (Wildman–Crippen LogP) is 5.38. The third-order valence-electron chi connectivity index (χ3n) is 2.79. The van der Waals surface area contributed by atoms with Crippen LogP contribution in [-0.4, -0.2) is 5.78 Å². The molecule has 0 saturated carbocycles. The highest BCUT2D eigenvalue weighted by Crippen LogP contribution is 2.24. The number of hydrogen-bond acceptors (Lipinski definition) is 1. The summed E-state index contributed by atoms with van der Waals surface area (Å²) in [6.07, 6.45) is 0.208. The number of carbonyl (C=O) groups excluding carboxylic acids is 1. The van der Waals surface area contributed by atoms with E-state index in [4.69, 9.17) is 34.8 Å². The van der Waals surface area contributed by atoms with Crippen molar-refractivity contribution in [3.8, 4) is 0 Å². The highest BCUT2D eigenvalue weighted by atomic mass is 35.5. The van der Waals surface area contributed by atoms with Gasteiger partial charge >= 0.3 is 0 Å². The lowest BCUT2D eigenvalue weighted by Crippen LogP contribution is -2.05. The zero-order chi connectivity index (χ0) is 14.0. The van der Waals surface area contributed by atoms with Gasteiger partial charge in [-0.2, -0.15) is 0 Å². The zero-order valence-corrected chi connectivity index (χ0v) is 12.5. The topological polar surface area (TPSA) is 17.1 Å². The van der Waals surface area contributed by atoms with Crippen molar-refractivity contribution in [2.45, 2.75) is 13.3 Å². The molecule has 1 nitrogen and oxygen atoms in total. The normalized spacial score (nSPS) is 10.5.